The predicted molar refractivity (Wildman–Crippen MR) is 78.9 cm³/mol. The van der Waals surface area contributed by atoms with E-state index in [1.807, 2.05) is 32.0 Å². The number of benzene rings is 1. The summed E-state index contributed by atoms with van der Waals surface area (Å²) in [7, 11) is 3.21. The zero-order chi connectivity index (χ0) is 15.2. The Balaban J connectivity index is 2.58. The van der Waals surface area contributed by atoms with Crippen LogP contribution in [-0.2, 0) is 11.3 Å². The molecule has 0 aliphatic carbocycles. The first-order chi connectivity index (χ1) is 9.35. The van der Waals surface area contributed by atoms with Crippen LogP contribution in [0.3, 0.4) is 0 Å². The molecule has 0 unspecified atom stereocenters. The van der Waals surface area contributed by atoms with Gasteiger partial charge in [0.15, 0.2) is 0 Å². The molecule has 0 radical (unpaired) electrons. The van der Waals surface area contributed by atoms with Crippen LogP contribution in [0, 0.1) is 0 Å². The minimum Gasteiger partial charge on any atom is -0.497 e. The fourth-order valence-corrected chi connectivity index (χ4v) is 1.74. The molecule has 0 saturated carbocycles. The zero-order valence-corrected chi connectivity index (χ0v) is 12.7. The van der Waals surface area contributed by atoms with E-state index in [1.165, 1.54) is 0 Å². The van der Waals surface area contributed by atoms with Gasteiger partial charge in [-0.1, -0.05) is 0 Å². The second-order valence-corrected chi connectivity index (χ2v) is 5.44. The molecule has 3 N–H and O–H groups in total. The summed E-state index contributed by atoms with van der Waals surface area (Å²) in [5.41, 5.74) is 6.41. The molecule has 0 atom stereocenters. The lowest BCUT2D eigenvalue weighted by Crippen LogP contribution is -2.34. The summed E-state index contributed by atoms with van der Waals surface area (Å²) in [6, 6.07) is 5.50. The largest absolute Gasteiger partial charge is 0.497 e. The van der Waals surface area contributed by atoms with Crippen molar-refractivity contribution in [2.45, 2.75) is 38.8 Å². The van der Waals surface area contributed by atoms with Crippen molar-refractivity contribution in [2.24, 2.45) is 5.73 Å². The van der Waals surface area contributed by atoms with Crippen molar-refractivity contribution in [1.29, 1.82) is 0 Å². The second-order valence-electron chi connectivity index (χ2n) is 5.44. The molecule has 1 aromatic rings. The number of amides is 1. The summed E-state index contributed by atoms with van der Waals surface area (Å²) < 4.78 is 10.4. The molecule has 0 bridgehead atoms. The van der Waals surface area contributed by atoms with Crippen LogP contribution in [0.5, 0.6) is 11.5 Å². The molecule has 5 heteroatoms. The Morgan fingerprint density at radius 3 is 2.55 bits per heavy atom. The van der Waals surface area contributed by atoms with Gasteiger partial charge in [-0.15, -0.1) is 0 Å². The third-order valence-electron chi connectivity index (χ3n) is 2.96. The number of hydrogen-bond acceptors (Lipinski definition) is 4. The van der Waals surface area contributed by atoms with Crippen LogP contribution in [-0.4, -0.2) is 25.7 Å². The third-order valence-corrected chi connectivity index (χ3v) is 2.96. The van der Waals surface area contributed by atoms with Crippen molar-refractivity contribution in [3.63, 3.8) is 0 Å². The molecule has 0 saturated heterocycles. The van der Waals surface area contributed by atoms with E-state index in [0.29, 0.717) is 19.4 Å². The molecule has 0 spiro atoms. The van der Waals surface area contributed by atoms with Crippen molar-refractivity contribution >= 4 is 5.91 Å². The molecule has 0 aromatic heterocycles. The highest BCUT2D eigenvalue weighted by molar-refractivity contribution is 5.76. The molecule has 0 aliphatic heterocycles. The number of carbonyl (C=O) groups excluding carboxylic acids is 1. The number of nitrogens with two attached hydrogens (primary N) is 1. The van der Waals surface area contributed by atoms with Crippen LogP contribution < -0.4 is 20.5 Å². The molecule has 5 nitrogen and oxygen atoms in total. The first kappa shape index (κ1) is 16.3. The topological polar surface area (TPSA) is 73.6 Å². The molecule has 20 heavy (non-hydrogen) atoms. The molecule has 1 aromatic carbocycles. The van der Waals surface area contributed by atoms with Gasteiger partial charge in [-0.2, -0.15) is 0 Å². The first-order valence-corrected chi connectivity index (χ1v) is 6.62. The van der Waals surface area contributed by atoms with Gasteiger partial charge in [0.05, 0.1) is 14.2 Å². The van der Waals surface area contributed by atoms with Gasteiger partial charge in [-0.05, 0) is 38.5 Å². The van der Waals surface area contributed by atoms with E-state index in [9.17, 15) is 4.79 Å². The fraction of sp³-hybridized carbons (Fsp3) is 0.533. The minimum absolute atomic E-state index is 0.0200. The highest BCUT2D eigenvalue weighted by Crippen LogP contribution is 2.23. The summed E-state index contributed by atoms with van der Waals surface area (Å²) >= 11 is 0. The van der Waals surface area contributed by atoms with Crippen LogP contribution in [0.2, 0.25) is 0 Å². The highest BCUT2D eigenvalue weighted by atomic mass is 16.5. The van der Waals surface area contributed by atoms with Gasteiger partial charge in [0.2, 0.25) is 5.91 Å². The number of methoxy groups -OCH3 is 2. The van der Waals surface area contributed by atoms with Gasteiger partial charge >= 0.3 is 0 Å². The Kier molecular flexibility index (Phi) is 5.82. The van der Waals surface area contributed by atoms with Crippen molar-refractivity contribution < 1.29 is 14.3 Å². The normalized spacial score (nSPS) is 11.1. The lowest BCUT2D eigenvalue weighted by Gasteiger charge is -2.17. The fourth-order valence-electron chi connectivity index (χ4n) is 1.74. The summed E-state index contributed by atoms with van der Waals surface area (Å²) in [6.07, 6.45) is 1.06. The molecule has 1 rings (SSSR count). The van der Waals surface area contributed by atoms with Crippen molar-refractivity contribution in [2.75, 3.05) is 14.2 Å². The van der Waals surface area contributed by atoms with Crippen molar-refractivity contribution in [3.8, 4) is 11.5 Å². The van der Waals surface area contributed by atoms with Crippen LogP contribution in [0.25, 0.3) is 0 Å². The molecule has 0 heterocycles. The maximum Gasteiger partial charge on any atom is 0.220 e. The van der Waals surface area contributed by atoms with Crippen LogP contribution >= 0.6 is 0 Å². The molecular weight excluding hydrogens is 256 g/mol. The molecule has 0 aliphatic rings. The Hall–Kier alpha value is -1.75. The molecule has 1 amide bonds. The predicted octanol–water partition coefficient (Wildman–Crippen LogP) is 1.84. The minimum atomic E-state index is -0.328. The number of hydrogen-bond donors (Lipinski definition) is 2. The van der Waals surface area contributed by atoms with E-state index < -0.39 is 0 Å². The highest BCUT2D eigenvalue weighted by Gasteiger charge is 2.13. The van der Waals surface area contributed by atoms with Crippen LogP contribution in [0.4, 0.5) is 0 Å². The monoisotopic (exact) mass is 280 g/mol. The molecule has 112 valence electrons. The van der Waals surface area contributed by atoms with Gasteiger partial charge in [0.25, 0.3) is 0 Å². The SMILES string of the molecule is COc1ccc(OC)c(CNC(=O)CCC(C)(C)N)c1. The Morgan fingerprint density at radius 1 is 1.30 bits per heavy atom. The maximum atomic E-state index is 11.8. The first-order valence-electron chi connectivity index (χ1n) is 6.62. The zero-order valence-electron chi connectivity index (χ0n) is 12.7. The van der Waals surface area contributed by atoms with Gasteiger partial charge in [0, 0.05) is 24.1 Å². The second kappa shape index (κ2) is 7.14. The van der Waals surface area contributed by atoms with E-state index in [0.717, 1.165) is 17.1 Å². The van der Waals surface area contributed by atoms with E-state index in [1.54, 1.807) is 14.2 Å². The quantitative estimate of drug-likeness (QED) is 0.799. The lowest BCUT2D eigenvalue weighted by atomic mass is 10.00. The summed E-state index contributed by atoms with van der Waals surface area (Å²) in [4.78, 5) is 11.8. The average Bonchev–Trinajstić information content (AvgIpc) is 2.41. The van der Waals surface area contributed by atoms with Crippen molar-refractivity contribution in [3.05, 3.63) is 23.8 Å². The van der Waals surface area contributed by atoms with Gasteiger partial charge < -0.3 is 20.5 Å². The van der Waals surface area contributed by atoms with Crippen LogP contribution in [0.1, 0.15) is 32.3 Å². The standard InChI is InChI=1S/C15H24N2O3/c1-15(2,16)8-7-14(18)17-10-11-9-12(19-3)5-6-13(11)20-4/h5-6,9H,7-8,10,16H2,1-4H3,(H,17,18). The summed E-state index contributed by atoms with van der Waals surface area (Å²) in [6.45, 7) is 4.22. The summed E-state index contributed by atoms with van der Waals surface area (Å²) in [5.74, 6) is 1.44. The van der Waals surface area contributed by atoms with E-state index in [4.69, 9.17) is 15.2 Å². The Labute approximate surface area is 120 Å². The number of carbonyl (C=O) groups is 1. The average molecular weight is 280 g/mol. The number of rotatable bonds is 7. The Morgan fingerprint density at radius 2 is 2.00 bits per heavy atom. The van der Waals surface area contributed by atoms with E-state index in [2.05, 4.69) is 5.32 Å². The maximum absolute atomic E-state index is 11.8. The van der Waals surface area contributed by atoms with Crippen LogP contribution in [0.15, 0.2) is 18.2 Å². The number of nitrogens with one attached hydrogen (secondary N) is 1. The molecular formula is C15H24N2O3. The van der Waals surface area contributed by atoms with Gasteiger partial charge in [0.1, 0.15) is 11.5 Å². The van der Waals surface area contributed by atoms with Gasteiger partial charge in [-0.25, -0.2) is 0 Å². The third kappa shape index (κ3) is 5.48. The number of ether oxygens (including phenoxy) is 2. The van der Waals surface area contributed by atoms with E-state index in [-0.39, 0.29) is 11.4 Å². The van der Waals surface area contributed by atoms with Gasteiger partial charge in [-0.3, -0.25) is 4.79 Å². The smallest absolute Gasteiger partial charge is 0.220 e. The molecule has 0 fully saturated rings. The van der Waals surface area contributed by atoms with Crippen molar-refractivity contribution in [1.82, 2.24) is 5.32 Å². The lowest BCUT2D eigenvalue weighted by molar-refractivity contribution is -0.121. The van der Waals surface area contributed by atoms with E-state index >= 15 is 0 Å². The summed E-state index contributed by atoms with van der Waals surface area (Å²) in [5, 5.41) is 2.87. The Bertz CT molecular complexity index is 453.